The third-order valence-electron chi connectivity index (χ3n) is 3.67. The lowest BCUT2D eigenvalue weighted by Crippen LogP contribution is -2.30. The van der Waals surface area contributed by atoms with Crippen LogP contribution >= 0.6 is 0 Å². The average molecular weight is 280 g/mol. The molecule has 2 rings (SSSR count). The van der Waals surface area contributed by atoms with Gasteiger partial charge in [0.05, 0.1) is 19.4 Å². The molecule has 20 heavy (non-hydrogen) atoms. The summed E-state index contributed by atoms with van der Waals surface area (Å²) in [5.74, 6) is 1.72. The Morgan fingerprint density at radius 1 is 1.45 bits per heavy atom. The summed E-state index contributed by atoms with van der Waals surface area (Å²) < 4.78 is 11.2. The van der Waals surface area contributed by atoms with Crippen LogP contribution in [0.15, 0.2) is 16.7 Å². The second-order valence-electron chi connectivity index (χ2n) is 6.24. The van der Waals surface area contributed by atoms with Crippen LogP contribution in [0, 0.1) is 5.92 Å². The average Bonchev–Trinajstić information content (AvgIpc) is 2.85. The minimum Gasteiger partial charge on any atom is -0.468 e. The van der Waals surface area contributed by atoms with Gasteiger partial charge in [-0.1, -0.05) is 13.8 Å². The maximum atomic E-state index is 5.64. The monoisotopic (exact) mass is 280 g/mol. The molecule has 1 aliphatic rings. The lowest BCUT2D eigenvalue weighted by atomic mass is 10.0. The molecular formula is C16H28N2O2. The Bertz CT molecular complexity index is 384. The summed E-state index contributed by atoms with van der Waals surface area (Å²) in [6.07, 6.45) is 4.35. The van der Waals surface area contributed by atoms with Crippen molar-refractivity contribution < 1.29 is 9.15 Å². The van der Waals surface area contributed by atoms with Crippen LogP contribution in [0.1, 0.15) is 38.0 Å². The molecule has 0 saturated carbocycles. The van der Waals surface area contributed by atoms with Gasteiger partial charge >= 0.3 is 0 Å². The topological polar surface area (TPSA) is 37.6 Å². The summed E-state index contributed by atoms with van der Waals surface area (Å²) in [5, 5.41) is 3.40. The third-order valence-corrected chi connectivity index (χ3v) is 3.67. The Hall–Kier alpha value is -0.840. The fraction of sp³-hybridized carbons (Fsp3) is 0.750. The van der Waals surface area contributed by atoms with E-state index in [1.165, 1.54) is 18.4 Å². The summed E-state index contributed by atoms with van der Waals surface area (Å²) in [7, 11) is 2.16. The van der Waals surface area contributed by atoms with Gasteiger partial charge in [-0.3, -0.25) is 4.90 Å². The Morgan fingerprint density at radius 3 is 3.00 bits per heavy atom. The SMILES string of the molecule is CC(C)NCc1coc(CN(C)CC2CCCOC2)c1. The van der Waals surface area contributed by atoms with Gasteiger partial charge in [0.15, 0.2) is 0 Å². The maximum absolute atomic E-state index is 5.64. The number of hydrogen-bond donors (Lipinski definition) is 1. The zero-order valence-corrected chi connectivity index (χ0v) is 13.0. The first-order valence-corrected chi connectivity index (χ1v) is 7.69. The highest BCUT2D eigenvalue weighted by molar-refractivity contribution is 5.12. The van der Waals surface area contributed by atoms with E-state index >= 15 is 0 Å². The molecule has 1 N–H and O–H groups in total. The van der Waals surface area contributed by atoms with E-state index in [2.05, 4.69) is 37.2 Å². The Balaban J connectivity index is 1.74. The molecule has 1 aliphatic heterocycles. The Kier molecular flexibility index (Phi) is 6.07. The van der Waals surface area contributed by atoms with E-state index in [1.807, 2.05) is 6.26 Å². The quantitative estimate of drug-likeness (QED) is 0.833. The molecule has 1 saturated heterocycles. The number of nitrogens with zero attached hydrogens (tertiary/aromatic N) is 1. The second kappa shape index (κ2) is 7.81. The molecule has 0 radical (unpaired) electrons. The van der Waals surface area contributed by atoms with Crippen molar-refractivity contribution >= 4 is 0 Å². The molecule has 114 valence electrons. The second-order valence-corrected chi connectivity index (χ2v) is 6.24. The lowest BCUT2D eigenvalue weighted by Gasteiger charge is -2.26. The van der Waals surface area contributed by atoms with E-state index in [1.54, 1.807) is 0 Å². The zero-order valence-electron chi connectivity index (χ0n) is 13.0. The fourth-order valence-electron chi connectivity index (χ4n) is 2.65. The van der Waals surface area contributed by atoms with Gasteiger partial charge in [0.25, 0.3) is 0 Å². The molecule has 1 aromatic rings. The number of ether oxygens (including phenoxy) is 1. The van der Waals surface area contributed by atoms with Gasteiger partial charge in [-0.15, -0.1) is 0 Å². The highest BCUT2D eigenvalue weighted by atomic mass is 16.5. The highest BCUT2D eigenvalue weighted by Gasteiger charge is 2.16. The van der Waals surface area contributed by atoms with Crippen molar-refractivity contribution in [2.24, 2.45) is 5.92 Å². The molecular weight excluding hydrogens is 252 g/mol. The minimum absolute atomic E-state index is 0.502. The van der Waals surface area contributed by atoms with Crippen LogP contribution in [-0.2, 0) is 17.8 Å². The van der Waals surface area contributed by atoms with E-state index in [0.717, 1.165) is 38.6 Å². The van der Waals surface area contributed by atoms with Gasteiger partial charge in [-0.2, -0.15) is 0 Å². The molecule has 1 fully saturated rings. The largest absolute Gasteiger partial charge is 0.468 e. The van der Waals surface area contributed by atoms with Crippen molar-refractivity contribution in [3.8, 4) is 0 Å². The standard InChI is InChI=1S/C16H28N2O2/c1-13(2)17-8-15-7-16(20-12-15)10-18(3)9-14-5-4-6-19-11-14/h7,12-14,17H,4-6,8-11H2,1-3H3. The first kappa shape index (κ1) is 15.5. The van der Waals surface area contributed by atoms with Crippen LogP contribution < -0.4 is 5.32 Å². The van der Waals surface area contributed by atoms with E-state index in [-0.39, 0.29) is 0 Å². The van der Waals surface area contributed by atoms with Gasteiger partial charge in [0.1, 0.15) is 5.76 Å². The van der Waals surface area contributed by atoms with Gasteiger partial charge in [0, 0.05) is 31.3 Å². The van der Waals surface area contributed by atoms with E-state index in [9.17, 15) is 0 Å². The molecule has 1 aromatic heterocycles. The summed E-state index contributed by atoms with van der Waals surface area (Å²) >= 11 is 0. The first-order chi connectivity index (χ1) is 9.63. The summed E-state index contributed by atoms with van der Waals surface area (Å²) in [6.45, 7) is 8.98. The van der Waals surface area contributed by atoms with E-state index in [0.29, 0.717) is 12.0 Å². The molecule has 0 spiro atoms. The van der Waals surface area contributed by atoms with Crippen molar-refractivity contribution in [3.63, 3.8) is 0 Å². The van der Waals surface area contributed by atoms with Gasteiger partial charge in [0.2, 0.25) is 0 Å². The van der Waals surface area contributed by atoms with Gasteiger partial charge in [-0.05, 0) is 31.9 Å². The van der Waals surface area contributed by atoms with Gasteiger partial charge < -0.3 is 14.5 Å². The van der Waals surface area contributed by atoms with Crippen molar-refractivity contribution in [1.29, 1.82) is 0 Å². The molecule has 0 amide bonds. The molecule has 2 heterocycles. The summed E-state index contributed by atoms with van der Waals surface area (Å²) in [5.41, 5.74) is 1.23. The van der Waals surface area contributed by atoms with Crippen LogP contribution in [0.25, 0.3) is 0 Å². The molecule has 4 heteroatoms. The lowest BCUT2D eigenvalue weighted by molar-refractivity contribution is 0.0404. The number of furan rings is 1. The molecule has 1 unspecified atom stereocenters. The number of rotatable bonds is 7. The molecule has 4 nitrogen and oxygen atoms in total. The Morgan fingerprint density at radius 2 is 2.30 bits per heavy atom. The van der Waals surface area contributed by atoms with Crippen LogP contribution in [0.4, 0.5) is 0 Å². The fourth-order valence-corrected chi connectivity index (χ4v) is 2.65. The molecule has 1 atom stereocenters. The predicted octanol–water partition coefficient (Wildman–Crippen LogP) is 2.64. The molecule has 0 aromatic carbocycles. The van der Waals surface area contributed by atoms with Crippen LogP contribution in [0.3, 0.4) is 0 Å². The van der Waals surface area contributed by atoms with Crippen molar-refractivity contribution in [2.45, 2.75) is 45.8 Å². The smallest absolute Gasteiger partial charge is 0.118 e. The van der Waals surface area contributed by atoms with E-state index in [4.69, 9.17) is 9.15 Å². The minimum atomic E-state index is 0.502. The molecule has 0 bridgehead atoms. The number of nitrogens with one attached hydrogen (secondary N) is 1. The van der Waals surface area contributed by atoms with Crippen molar-refractivity contribution in [1.82, 2.24) is 10.2 Å². The summed E-state index contributed by atoms with van der Waals surface area (Å²) in [4.78, 5) is 2.33. The molecule has 0 aliphatic carbocycles. The van der Waals surface area contributed by atoms with E-state index < -0.39 is 0 Å². The van der Waals surface area contributed by atoms with Gasteiger partial charge in [-0.25, -0.2) is 0 Å². The zero-order chi connectivity index (χ0) is 14.4. The maximum Gasteiger partial charge on any atom is 0.118 e. The van der Waals surface area contributed by atoms with Crippen LogP contribution in [-0.4, -0.2) is 37.7 Å². The van der Waals surface area contributed by atoms with Crippen LogP contribution in [0.5, 0.6) is 0 Å². The normalized spacial score (nSPS) is 19.9. The van der Waals surface area contributed by atoms with Crippen molar-refractivity contribution in [3.05, 3.63) is 23.7 Å². The van der Waals surface area contributed by atoms with Crippen LogP contribution in [0.2, 0.25) is 0 Å². The third kappa shape index (κ3) is 5.27. The van der Waals surface area contributed by atoms with Crippen molar-refractivity contribution in [2.75, 3.05) is 26.8 Å². The summed E-state index contributed by atoms with van der Waals surface area (Å²) in [6, 6.07) is 2.66. The highest BCUT2D eigenvalue weighted by Crippen LogP contribution is 2.16. The first-order valence-electron chi connectivity index (χ1n) is 7.69. The number of hydrogen-bond acceptors (Lipinski definition) is 4. The Labute approximate surface area is 122 Å². The predicted molar refractivity (Wildman–Crippen MR) is 80.6 cm³/mol.